The molecule has 10 nitrogen and oxygen atoms in total. The highest BCUT2D eigenvalue weighted by molar-refractivity contribution is 5.93. The Bertz CT molecular complexity index is 2000. The van der Waals surface area contributed by atoms with Gasteiger partial charge in [-0.05, 0) is 77.7 Å². The molecule has 0 aliphatic heterocycles. The van der Waals surface area contributed by atoms with Gasteiger partial charge < -0.3 is 28.4 Å². The lowest BCUT2D eigenvalue weighted by atomic mass is 9.96. The van der Waals surface area contributed by atoms with Crippen LogP contribution in [0.25, 0.3) is 33.4 Å². The van der Waals surface area contributed by atoms with Gasteiger partial charge >= 0.3 is 23.9 Å². The maximum absolute atomic E-state index is 12.8. The molecule has 4 rings (SSSR count). The van der Waals surface area contributed by atoms with E-state index in [9.17, 15) is 19.2 Å². The van der Waals surface area contributed by atoms with Crippen LogP contribution in [0, 0.1) is 0 Å². The summed E-state index contributed by atoms with van der Waals surface area (Å²) in [5.74, 6) is -1.60. The molecule has 0 unspecified atom stereocenters. The number of methoxy groups -OCH3 is 2. The second-order valence-corrected chi connectivity index (χ2v) is 11.1. The molecule has 0 amide bonds. The Labute approximate surface area is 295 Å². The van der Waals surface area contributed by atoms with Crippen LogP contribution in [0.15, 0.2) is 134 Å². The summed E-state index contributed by atoms with van der Waals surface area (Å²) in [7, 11) is 2.91. The molecule has 0 N–H and O–H groups in total. The summed E-state index contributed by atoms with van der Waals surface area (Å²) < 4.78 is 32.0. The van der Waals surface area contributed by atoms with E-state index in [4.69, 9.17) is 28.4 Å². The average molecular weight is 689 g/mol. The van der Waals surface area contributed by atoms with E-state index in [-0.39, 0.29) is 41.4 Å². The molecule has 0 saturated heterocycles. The first-order valence-electron chi connectivity index (χ1n) is 15.4. The lowest BCUT2D eigenvalue weighted by Crippen LogP contribution is -2.13. The lowest BCUT2D eigenvalue weighted by Gasteiger charge is -2.16. The zero-order valence-corrected chi connectivity index (χ0v) is 28.5. The minimum absolute atomic E-state index is 0.0466. The highest BCUT2D eigenvalue weighted by Gasteiger charge is 2.19. The van der Waals surface area contributed by atoms with Crippen molar-refractivity contribution in [2.75, 3.05) is 27.4 Å². The van der Waals surface area contributed by atoms with E-state index >= 15 is 0 Å². The molecule has 0 saturated carbocycles. The van der Waals surface area contributed by atoms with E-state index in [0.717, 1.165) is 17.2 Å². The molecular formula is C41H36O10. The van der Waals surface area contributed by atoms with Crippen LogP contribution in [0.3, 0.4) is 0 Å². The average Bonchev–Trinajstić information content (AvgIpc) is 3.12. The molecular weight excluding hydrogens is 652 g/mol. The summed E-state index contributed by atoms with van der Waals surface area (Å²) >= 11 is 0. The van der Waals surface area contributed by atoms with Gasteiger partial charge in [-0.2, -0.15) is 0 Å². The van der Waals surface area contributed by atoms with Crippen LogP contribution in [-0.2, 0) is 28.7 Å². The molecule has 0 aromatic heterocycles. The van der Waals surface area contributed by atoms with Gasteiger partial charge in [0.05, 0.1) is 24.4 Å². The van der Waals surface area contributed by atoms with Gasteiger partial charge in [0.1, 0.15) is 23.0 Å². The van der Waals surface area contributed by atoms with E-state index < -0.39 is 23.9 Å². The SMILES string of the molecule is C=CC(=O)Oc1cc(-c2ccc(OC(=O)C(=C)COC)cc2)ccc1-c1ccc(-c2ccc(OC(=O)C(=C)COC)cc2)cc1OC(=O)C(=C)C. The molecule has 0 spiro atoms. The third kappa shape index (κ3) is 9.85. The van der Waals surface area contributed by atoms with Gasteiger partial charge in [0.2, 0.25) is 0 Å². The Balaban J connectivity index is 1.71. The zero-order chi connectivity index (χ0) is 37.1. The predicted molar refractivity (Wildman–Crippen MR) is 192 cm³/mol. The first-order valence-corrected chi connectivity index (χ1v) is 15.4. The largest absolute Gasteiger partial charge is 0.423 e. The predicted octanol–water partition coefficient (Wildman–Crippen LogP) is 7.48. The van der Waals surface area contributed by atoms with Gasteiger partial charge in [-0.15, -0.1) is 0 Å². The van der Waals surface area contributed by atoms with Gasteiger partial charge in [0.15, 0.2) is 0 Å². The summed E-state index contributed by atoms with van der Waals surface area (Å²) in [6.45, 7) is 16.1. The van der Waals surface area contributed by atoms with Crippen molar-refractivity contribution in [1.82, 2.24) is 0 Å². The molecule has 51 heavy (non-hydrogen) atoms. The Morgan fingerprint density at radius 1 is 0.549 bits per heavy atom. The zero-order valence-electron chi connectivity index (χ0n) is 28.5. The summed E-state index contributed by atoms with van der Waals surface area (Å²) in [6, 6.07) is 23.9. The van der Waals surface area contributed by atoms with Crippen LogP contribution in [0.4, 0.5) is 0 Å². The van der Waals surface area contributed by atoms with Crippen LogP contribution in [-0.4, -0.2) is 51.3 Å². The van der Waals surface area contributed by atoms with Crippen molar-refractivity contribution in [3.8, 4) is 56.4 Å². The summed E-state index contributed by atoms with van der Waals surface area (Å²) in [5, 5.41) is 0. The van der Waals surface area contributed by atoms with Crippen molar-refractivity contribution in [2.24, 2.45) is 0 Å². The monoisotopic (exact) mass is 688 g/mol. The van der Waals surface area contributed by atoms with Gasteiger partial charge in [-0.1, -0.05) is 62.7 Å². The molecule has 10 heteroatoms. The number of benzene rings is 4. The minimum Gasteiger partial charge on any atom is -0.423 e. The number of carbonyl (C=O) groups is 4. The van der Waals surface area contributed by atoms with Gasteiger partial charge in [-0.25, -0.2) is 19.2 Å². The van der Waals surface area contributed by atoms with Crippen molar-refractivity contribution in [1.29, 1.82) is 0 Å². The molecule has 4 aromatic carbocycles. The topological polar surface area (TPSA) is 124 Å². The van der Waals surface area contributed by atoms with Crippen molar-refractivity contribution in [2.45, 2.75) is 6.92 Å². The van der Waals surface area contributed by atoms with Crippen molar-refractivity contribution in [3.63, 3.8) is 0 Å². The third-order valence-corrected chi connectivity index (χ3v) is 7.19. The third-order valence-electron chi connectivity index (χ3n) is 7.19. The van der Waals surface area contributed by atoms with E-state index in [1.54, 1.807) is 72.8 Å². The molecule has 0 aliphatic carbocycles. The number of ether oxygens (including phenoxy) is 6. The first-order chi connectivity index (χ1) is 24.4. The summed E-state index contributed by atoms with van der Waals surface area (Å²) in [4.78, 5) is 49.7. The van der Waals surface area contributed by atoms with E-state index in [0.29, 0.717) is 33.8 Å². The van der Waals surface area contributed by atoms with Gasteiger partial charge in [0.25, 0.3) is 0 Å². The van der Waals surface area contributed by atoms with Crippen molar-refractivity contribution < 1.29 is 47.6 Å². The summed E-state index contributed by atoms with van der Waals surface area (Å²) in [5.41, 5.74) is 4.25. The second-order valence-electron chi connectivity index (χ2n) is 11.1. The normalized spacial score (nSPS) is 10.4. The van der Waals surface area contributed by atoms with Crippen LogP contribution in [0.1, 0.15) is 6.92 Å². The maximum Gasteiger partial charge on any atom is 0.341 e. The van der Waals surface area contributed by atoms with Crippen LogP contribution in [0.2, 0.25) is 0 Å². The van der Waals surface area contributed by atoms with Crippen molar-refractivity contribution >= 4 is 23.9 Å². The molecule has 0 bridgehead atoms. The second kappa shape index (κ2) is 17.3. The quantitative estimate of drug-likeness (QED) is 0.0706. The number of esters is 4. The Morgan fingerprint density at radius 2 is 0.941 bits per heavy atom. The highest BCUT2D eigenvalue weighted by atomic mass is 16.6. The minimum atomic E-state index is -0.698. The number of hydrogen-bond donors (Lipinski definition) is 0. The molecule has 4 aromatic rings. The number of rotatable bonds is 15. The molecule has 260 valence electrons. The molecule has 0 fully saturated rings. The highest BCUT2D eigenvalue weighted by Crippen LogP contribution is 2.41. The van der Waals surface area contributed by atoms with Crippen LogP contribution < -0.4 is 18.9 Å². The van der Waals surface area contributed by atoms with E-state index in [1.807, 2.05) is 12.1 Å². The molecule has 0 atom stereocenters. The maximum atomic E-state index is 12.8. The van der Waals surface area contributed by atoms with Crippen LogP contribution in [0.5, 0.6) is 23.0 Å². The molecule has 0 radical (unpaired) electrons. The van der Waals surface area contributed by atoms with Gasteiger partial charge in [0, 0.05) is 37.0 Å². The van der Waals surface area contributed by atoms with E-state index in [2.05, 4.69) is 26.3 Å². The Kier molecular flexibility index (Phi) is 12.7. The van der Waals surface area contributed by atoms with Crippen LogP contribution >= 0.6 is 0 Å². The Morgan fingerprint density at radius 3 is 1.31 bits per heavy atom. The van der Waals surface area contributed by atoms with Crippen molar-refractivity contribution in [3.05, 3.63) is 134 Å². The smallest absolute Gasteiger partial charge is 0.341 e. The number of carbonyl (C=O) groups excluding carboxylic acids is 4. The Hall–Kier alpha value is -6.36. The lowest BCUT2D eigenvalue weighted by molar-refractivity contribution is -0.131. The molecule has 0 heterocycles. The van der Waals surface area contributed by atoms with E-state index in [1.165, 1.54) is 21.1 Å². The summed E-state index contributed by atoms with van der Waals surface area (Å²) in [6.07, 6.45) is 1.04. The fraction of sp³-hybridized carbons (Fsp3) is 0.122. The molecule has 0 aliphatic rings. The van der Waals surface area contributed by atoms with Gasteiger partial charge in [-0.3, -0.25) is 0 Å². The number of hydrogen-bond acceptors (Lipinski definition) is 10. The fourth-order valence-corrected chi connectivity index (χ4v) is 4.61. The first kappa shape index (κ1) is 37.5. The standard InChI is InChI=1S/C41H36O10/c1-8-38(42)50-36-21-30(28-9-15-32(16-10-28)48-40(44)26(4)23-46-6)13-19-34(36)35-20-14-31(22-37(35)51-39(43)25(2)3)29-11-17-33(18-12-29)49-41(45)27(5)24-47-7/h8-22H,1-2,4-5,23-24H2,3,6-7H3. The fourth-order valence-electron chi connectivity index (χ4n) is 4.61.